The van der Waals surface area contributed by atoms with Gasteiger partial charge in [-0.3, -0.25) is 9.79 Å². The smallest absolute Gasteiger partial charge is 0.316 e. The van der Waals surface area contributed by atoms with E-state index in [0.29, 0.717) is 17.8 Å². The highest BCUT2D eigenvalue weighted by Crippen LogP contribution is 2.67. The topological polar surface area (TPSA) is 61.0 Å². The predicted octanol–water partition coefficient (Wildman–Crippen LogP) is 3.97. The van der Waals surface area contributed by atoms with Crippen molar-refractivity contribution in [2.24, 2.45) is 33.6 Å². The second kappa shape index (κ2) is 5.94. The molecule has 146 valence electrons. The monoisotopic (exact) mass is 371 g/mol. The number of carbonyl (C=O) groups excluding carboxylic acids is 1. The van der Waals surface area contributed by atoms with Crippen molar-refractivity contribution in [2.75, 3.05) is 14.2 Å². The zero-order valence-electron chi connectivity index (χ0n) is 16.4. The van der Waals surface area contributed by atoms with Crippen molar-refractivity contribution in [3.05, 3.63) is 23.7 Å². The Hall–Kier alpha value is -1.62. The Morgan fingerprint density at radius 3 is 2.93 bits per heavy atom. The number of nitrogens with zero attached hydrogens (tertiary/aromatic N) is 1. The SMILES string of the molecule is COC(=O)[C@]12CCC[C@]3(C=N[C@@H]1OC)[C@H]2CC[C@H]1[C@@H](C)c2ccoc2C[C@@H]13. The van der Waals surface area contributed by atoms with Crippen LogP contribution in [0.3, 0.4) is 0 Å². The number of hydrogen-bond donors (Lipinski definition) is 0. The van der Waals surface area contributed by atoms with E-state index in [0.717, 1.165) is 44.3 Å². The summed E-state index contributed by atoms with van der Waals surface area (Å²) in [4.78, 5) is 17.9. The van der Waals surface area contributed by atoms with Crippen LogP contribution in [0.15, 0.2) is 21.7 Å². The van der Waals surface area contributed by atoms with E-state index in [1.807, 2.05) is 6.26 Å². The summed E-state index contributed by atoms with van der Waals surface area (Å²) in [6.45, 7) is 2.34. The highest BCUT2D eigenvalue weighted by molar-refractivity contribution is 5.82. The van der Waals surface area contributed by atoms with Crippen molar-refractivity contribution in [3.63, 3.8) is 0 Å². The van der Waals surface area contributed by atoms with Crippen LogP contribution in [0.5, 0.6) is 0 Å². The van der Waals surface area contributed by atoms with E-state index in [9.17, 15) is 4.79 Å². The van der Waals surface area contributed by atoms with E-state index in [2.05, 4.69) is 19.2 Å². The first-order chi connectivity index (χ1) is 13.1. The highest BCUT2D eigenvalue weighted by atomic mass is 16.5. The molecule has 0 amide bonds. The van der Waals surface area contributed by atoms with Gasteiger partial charge in [0.1, 0.15) is 11.2 Å². The van der Waals surface area contributed by atoms with Crippen LogP contribution in [0.25, 0.3) is 0 Å². The number of hydrogen-bond acceptors (Lipinski definition) is 5. The summed E-state index contributed by atoms with van der Waals surface area (Å²) < 4.78 is 16.9. The lowest BCUT2D eigenvalue weighted by Gasteiger charge is -2.63. The molecule has 1 aliphatic heterocycles. The van der Waals surface area contributed by atoms with Gasteiger partial charge in [0.05, 0.1) is 13.4 Å². The zero-order chi connectivity index (χ0) is 18.8. The number of ether oxygens (including phenoxy) is 2. The minimum Gasteiger partial charge on any atom is -0.469 e. The first-order valence-electron chi connectivity index (χ1n) is 10.3. The van der Waals surface area contributed by atoms with Crippen molar-refractivity contribution >= 4 is 12.2 Å². The molecule has 1 aromatic heterocycles. The van der Waals surface area contributed by atoms with Crippen LogP contribution in [0.2, 0.25) is 0 Å². The van der Waals surface area contributed by atoms with E-state index in [1.165, 1.54) is 12.7 Å². The summed E-state index contributed by atoms with van der Waals surface area (Å²) in [6.07, 6.45) is 9.65. The Morgan fingerprint density at radius 2 is 2.15 bits per heavy atom. The lowest BCUT2D eigenvalue weighted by atomic mass is 9.41. The average molecular weight is 371 g/mol. The molecule has 0 radical (unpaired) electrons. The average Bonchev–Trinajstić information content (AvgIpc) is 3.16. The molecule has 2 bridgehead atoms. The van der Waals surface area contributed by atoms with Crippen LogP contribution in [0.1, 0.15) is 56.3 Å². The molecule has 4 aliphatic rings. The van der Waals surface area contributed by atoms with Gasteiger partial charge in [-0.1, -0.05) is 13.3 Å². The number of aliphatic imine (C=N–C) groups is 1. The third-order valence-corrected chi connectivity index (χ3v) is 8.46. The first-order valence-corrected chi connectivity index (χ1v) is 10.3. The summed E-state index contributed by atoms with van der Waals surface area (Å²) in [6, 6.07) is 2.15. The van der Waals surface area contributed by atoms with Gasteiger partial charge in [0, 0.05) is 25.2 Å². The molecule has 0 unspecified atom stereocenters. The molecule has 0 saturated heterocycles. The van der Waals surface area contributed by atoms with Crippen LogP contribution in [0.4, 0.5) is 0 Å². The molecule has 1 aromatic rings. The van der Waals surface area contributed by atoms with Crippen molar-refractivity contribution in [3.8, 4) is 0 Å². The van der Waals surface area contributed by atoms with Gasteiger partial charge in [-0.15, -0.1) is 0 Å². The summed E-state index contributed by atoms with van der Waals surface area (Å²) >= 11 is 0. The third kappa shape index (κ3) is 2.04. The van der Waals surface area contributed by atoms with Gasteiger partial charge in [0.15, 0.2) is 6.23 Å². The lowest BCUT2D eigenvalue weighted by Crippen LogP contribution is -2.65. The summed E-state index contributed by atoms with van der Waals surface area (Å²) in [7, 11) is 3.17. The van der Waals surface area contributed by atoms with Gasteiger partial charge >= 0.3 is 5.97 Å². The summed E-state index contributed by atoms with van der Waals surface area (Å²) in [5.41, 5.74) is 0.681. The minimum atomic E-state index is -0.645. The number of rotatable bonds is 2. The van der Waals surface area contributed by atoms with E-state index >= 15 is 0 Å². The highest BCUT2D eigenvalue weighted by Gasteiger charge is 2.68. The van der Waals surface area contributed by atoms with Crippen molar-refractivity contribution in [2.45, 2.75) is 57.6 Å². The quantitative estimate of drug-likeness (QED) is 0.738. The Balaban J connectivity index is 1.65. The van der Waals surface area contributed by atoms with Crippen LogP contribution < -0.4 is 0 Å². The molecule has 0 spiro atoms. The second-order valence-corrected chi connectivity index (χ2v) is 9.06. The largest absolute Gasteiger partial charge is 0.469 e. The second-order valence-electron chi connectivity index (χ2n) is 9.06. The van der Waals surface area contributed by atoms with E-state index in [-0.39, 0.29) is 17.3 Å². The fourth-order valence-corrected chi connectivity index (χ4v) is 7.43. The van der Waals surface area contributed by atoms with Crippen molar-refractivity contribution in [1.82, 2.24) is 0 Å². The molecule has 5 nitrogen and oxygen atoms in total. The maximum absolute atomic E-state index is 13.1. The standard InChI is InChI=1S/C22H29NO4/c1-13-14-5-6-18-21(16(14)11-17-15(13)7-10-27-17)8-4-9-22(18,20(24)26-3)19(25-2)23-12-21/h7,10,12-14,16,18-19H,4-6,8-9,11H2,1-3H3/t13-,14+,16+,18-,19-,21-,22+/m1/s1. The van der Waals surface area contributed by atoms with Crippen molar-refractivity contribution in [1.29, 1.82) is 0 Å². The maximum atomic E-state index is 13.1. The molecule has 2 fully saturated rings. The Bertz CT molecular complexity index is 785. The van der Waals surface area contributed by atoms with Crippen LogP contribution in [-0.2, 0) is 20.7 Å². The Morgan fingerprint density at radius 1 is 1.30 bits per heavy atom. The Kier molecular flexibility index (Phi) is 3.84. The van der Waals surface area contributed by atoms with Gasteiger partial charge in [-0.2, -0.15) is 0 Å². The molecular weight excluding hydrogens is 342 g/mol. The van der Waals surface area contributed by atoms with Crippen molar-refractivity contribution < 1.29 is 18.7 Å². The van der Waals surface area contributed by atoms with E-state index in [4.69, 9.17) is 18.9 Å². The Labute approximate surface area is 160 Å². The van der Waals surface area contributed by atoms with Crippen LogP contribution >= 0.6 is 0 Å². The molecule has 0 aromatic carbocycles. The summed E-state index contributed by atoms with van der Waals surface area (Å²) in [5.74, 6) is 2.81. The normalized spacial score (nSPS) is 44.8. The number of carbonyl (C=O) groups is 1. The molecule has 2 heterocycles. The summed E-state index contributed by atoms with van der Waals surface area (Å²) in [5, 5.41) is 0. The molecule has 27 heavy (non-hydrogen) atoms. The van der Waals surface area contributed by atoms with Gasteiger partial charge < -0.3 is 13.9 Å². The molecule has 0 N–H and O–H groups in total. The zero-order valence-corrected chi connectivity index (χ0v) is 16.4. The van der Waals surface area contributed by atoms with Gasteiger partial charge in [-0.25, -0.2) is 0 Å². The number of esters is 1. The molecule has 2 saturated carbocycles. The number of fused-ring (bicyclic) bond motifs is 2. The molecular formula is C22H29NO4. The molecule has 3 aliphatic carbocycles. The number of methoxy groups -OCH3 is 2. The molecule has 7 atom stereocenters. The van der Waals surface area contributed by atoms with Crippen LogP contribution in [-0.4, -0.2) is 32.6 Å². The van der Waals surface area contributed by atoms with Gasteiger partial charge in [0.25, 0.3) is 0 Å². The predicted molar refractivity (Wildman–Crippen MR) is 101 cm³/mol. The maximum Gasteiger partial charge on any atom is 0.316 e. The van der Waals surface area contributed by atoms with E-state index in [1.54, 1.807) is 7.11 Å². The fraction of sp³-hybridized carbons (Fsp3) is 0.727. The fourth-order valence-electron chi connectivity index (χ4n) is 7.43. The van der Waals surface area contributed by atoms with Gasteiger partial charge in [0.2, 0.25) is 0 Å². The molecule has 5 rings (SSSR count). The minimum absolute atomic E-state index is 0.0525. The molecule has 5 heteroatoms. The van der Waals surface area contributed by atoms with Crippen LogP contribution in [0, 0.1) is 28.6 Å². The lowest BCUT2D eigenvalue weighted by molar-refractivity contribution is -0.194. The number of furan rings is 1. The first kappa shape index (κ1) is 17.5. The van der Waals surface area contributed by atoms with Gasteiger partial charge in [-0.05, 0) is 61.0 Å². The third-order valence-electron chi connectivity index (χ3n) is 8.46. The van der Waals surface area contributed by atoms with E-state index < -0.39 is 11.6 Å².